The van der Waals surface area contributed by atoms with Crippen molar-refractivity contribution in [3.8, 4) is 0 Å². The first kappa shape index (κ1) is 44.7. The Kier molecular flexibility index (Phi) is 15.0. The van der Waals surface area contributed by atoms with E-state index in [0.717, 1.165) is 0 Å². The lowest BCUT2D eigenvalue weighted by atomic mass is 9.87. The molecule has 3 aromatic carbocycles. The molecule has 2 aliphatic rings. The maximum Gasteiger partial charge on any atom is 0.338 e. The number of hydrogen-bond acceptors (Lipinski definition) is 11. The Morgan fingerprint density at radius 3 is 1.68 bits per heavy atom. The molecule has 0 aromatic heterocycles. The van der Waals surface area contributed by atoms with Crippen LogP contribution in [0.15, 0.2) is 103 Å². The van der Waals surface area contributed by atoms with E-state index in [4.69, 9.17) is 23.4 Å². The lowest BCUT2D eigenvalue weighted by molar-refractivity contribution is -0.207. The summed E-state index contributed by atoms with van der Waals surface area (Å²) in [6.07, 6.45) is -0.269. The molecule has 0 unspecified atom stereocenters. The number of esters is 3. The third-order valence-corrected chi connectivity index (χ3v) is 18.1. The van der Waals surface area contributed by atoms with Gasteiger partial charge in [0, 0.05) is 23.2 Å². The topological polar surface area (TPSA) is 132 Å². The number of rotatable bonds is 11. The molecule has 10 nitrogen and oxygen atoms in total. The number of fused-ring (bicyclic) bond motifs is 2. The second kappa shape index (κ2) is 19.1. The van der Waals surface area contributed by atoms with Crippen molar-refractivity contribution in [1.29, 1.82) is 0 Å². The average Bonchev–Trinajstić information content (AvgIpc) is 3.17. The Bertz CT molecular complexity index is 1820. The van der Waals surface area contributed by atoms with Crippen LogP contribution in [0.2, 0.25) is 18.1 Å². The maximum absolute atomic E-state index is 14.1. The quantitative estimate of drug-likeness (QED) is 0.0656. The molecule has 5 rings (SSSR count). The molecule has 0 radical (unpaired) electrons. The van der Waals surface area contributed by atoms with Gasteiger partial charge in [-0.05, 0) is 87.6 Å². The van der Waals surface area contributed by atoms with E-state index in [-0.39, 0.29) is 32.9 Å². The van der Waals surface area contributed by atoms with Crippen LogP contribution in [0.5, 0.6) is 0 Å². The summed E-state index contributed by atoms with van der Waals surface area (Å²) in [6.45, 7) is 18.9. The fraction of sp³-hybridized carbons (Fsp3) is 0.477. The van der Waals surface area contributed by atoms with E-state index in [0.29, 0.717) is 13.0 Å². The van der Waals surface area contributed by atoms with Crippen LogP contribution in [-0.2, 0) is 34.7 Å². The predicted molar refractivity (Wildman–Crippen MR) is 228 cm³/mol. The monoisotopic (exact) mass is 835 g/mol. The number of ether oxygens (including phenoxy) is 4. The summed E-state index contributed by atoms with van der Waals surface area (Å²) < 4.78 is 49.5. The SMILES string of the molecule is C[C@@H]1C=CC[C@@H](CO[Si](C)(C)C(C)(C)C)S[C@H]2O[C@H]([C@@H]1N[S@+]([O-])C(C)(C)C)[C@H](OC(=O)c1ccccc1)[C@H](OC(=O)c1ccccc1)[C@H]2OC(=O)c1ccccc1. The van der Waals surface area contributed by atoms with Crippen molar-refractivity contribution in [2.24, 2.45) is 5.92 Å². The zero-order valence-electron chi connectivity index (χ0n) is 34.3. The first-order valence-electron chi connectivity index (χ1n) is 19.4. The van der Waals surface area contributed by atoms with E-state index in [1.165, 1.54) is 11.8 Å². The van der Waals surface area contributed by atoms with Crippen LogP contribution in [0, 0.1) is 5.92 Å². The van der Waals surface area contributed by atoms with Crippen molar-refractivity contribution in [2.45, 2.75) is 119 Å². The van der Waals surface area contributed by atoms with Crippen LogP contribution >= 0.6 is 11.8 Å². The van der Waals surface area contributed by atoms with E-state index in [1.807, 2.05) is 33.8 Å². The molecule has 1 saturated heterocycles. The van der Waals surface area contributed by atoms with Gasteiger partial charge in [-0.25, -0.2) is 14.4 Å². The summed E-state index contributed by atoms with van der Waals surface area (Å²) in [5.74, 6) is -2.38. The summed E-state index contributed by atoms with van der Waals surface area (Å²) >= 11 is -0.172. The molecule has 0 amide bonds. The highest BCUT2D eigenvalue weighted by Crippen LogP contribution is 2.42. The third kappa shape index (κ3) is 11.6. The summed E-state index contributed by atoms with van der Waals surface area (Å²) in [4.78, 5) is 42.1. The van der Waals surface area contributed by atoms with E-state index in [1.54, 1.807) is 91.0 Å². The van der Waals surface area contributed by atoms with Gasteiger partial charge in [-0.3, -0.25) is 0 Å². The molecule has 0 spiro atoms. The minimum absolute atomic E-state index is 0.0353. The lowest BCUT2D eigenvalue weighted by Crippen LogP contribution is -2.67. The van der Waals surface area contributed by atoms with Crippen LogP contribution in [0.4, 0.5) is 0 Å². The van der Waals surface area contributed by atoms with Crippen LogP contribution < -0.4 is 4.72 Å². The van der Waals surface area contributed by atoms with Crippen LogP contribution in [0.25, 0.3) is 0 Å². The van der Waals surface area contributed by atoms with Gasteiger partial charge >= 0.3 is 17.9 Å². The van der Waals surface area contributed by atoms with Crippen molar-refractivity contribution in [2.75, 3.05) is 6.61 Å². The molecule has 2 bridgehead atoms. The standard InChI is InChI=1S/C44H57NO9S2Si/c1-29-20-19-27-33(28-50-57(8,9)44(5,6)7)55-42-38(53-41(48)32-25-17-12-18-26-32)37(52-40(47)31-23-15-11-16-24-31)36(51-39(46)30-21-13-10-14-22-30)35(54-42)34(29)45-56(49)43(2,3)4/h10-26,29,33-38,42,45H,27-28H2,1-9H3/t29-,33+,34-,35-,36+,37+,38-,42-,56-/m1/s1. The molecule has 1 fully saturated rings. The molecular weight excluding hydrogens is 779 g/mol. The highest BCUT2D eigenvalue weighted by Gasteiger charge is 2.57. The number of nitrogens with one attached hydrogen (secondary N) is 1. The first-order valence-corrected chi connectivity index (χ1v) is 24.4. The summed E-state index contributed by atoms with van der Waals surface area (Å²) in [5, 5.41) is -0.208. The molecule has 0 aliphatic carbocycles. The zero-order valence-corrected chi connectivity index (χ0v) is 37.0. The first-order chi connectivity index (χ1) is 26.9. The van der Waals surface area contributed by atoms with Gasteiger partial charge in [0.25, 0.3) is 0 Å². The van der Waals surface area contributed by atoms with E-state index in [9.17, 15) is 18.9 Å². The lowest BCUT2D eigenvalue weighted by Gasteiger charge is -2.48. The van der Waals surface area contributed by atoms with E-state index in [2.05, 4.69) is 44.7 Å². The van der Waals surface area contributed by atoms with Crippen molar-refractivity contribution in [3.63, 3.8) is 0 Å². The van der Waals surface area contributed by atoms with Crippen molar-refractivity contribution in [1.82, 2.24) is 4.72 Å². The Labute approximate surface area is 346 Å². The van der Waals surface area contributed by atoms with E-state index < -0.39 is 78.2 Å². The van der Waals surface area contributed by atoms with Gasteiger partial charge in [-0.1, -0.05) is 94.4 Å². The second-order valence-corrected chi connectivity index (χ2v) is 25.3. The third-order valence-electron chi connectivity index (χ3n) is 10.6. The molecule has 57 heavy (non-hydrogen) atoms. The molecular formula is C44H57NO9S2Si. The van der Waals surface area contributed by atoms with Gasteiger partial charge in [0.2, 0.25) is 0 Å². The number of carbonyl (C=O) groups is 3. The average molecular weight is 836 g/mol. The van der Waals surface area contributed by atoms with Crippen molar-refractivity contribution >= 4 is 49.3 Å². The van der Waals surface area contributed by atoms with Gasteiger partial charge in [-0.15, -0.1) is 16.5 Å². The van der Waals surface area contributed by atoms with Crippen LogP contribution in [-0.4, -0.2) is 83.3 Å². The number of benzene rings is 3. The van der Waals surface area contributed by atoms with Gasteiger partial charge in [0.15, 0.2) is 26.6 Å². The second-order valence-electron chi connectivity index (χ2n) is 17.1. The molecule has 0 saturated carbocycles. The largest absolute Gasteiger partial charge is 0.598 e. The Morgan fingerprint density at radius 2 is 1.23 bits per heavy atom. The van der Waals surface area contributed by atoms with Crippen LogP contribution in [0.3, 0.4) is 0 Å². The normalized spacial score (nSPS) is 26.1. The Morgan fingerprint density at radius 1 is 0.772 bits per heavy atom. The fourth-order valence-electron chi connectivity index (χ4n) is 6.13. The molecule has 308 valence electrons. The molecule has 1 N–H and O–H groups in total. The number of hydrogen-bond donors (Lipinski definition) is 1. The fourth-order valence-corrected chi connectivity index (χ4v) is 9.56. The molecule has 2 heterocycles. The van der Waals surface area contributed by atoms with Crippen LogP contribution in [0.1, 0.15) is 86.0 Å². The van der Waals surface area contributed by atoms with Gasteiger partial charge < -0.3 is 27.9 Å². The Balaban J connectivity index is 1.67. The predicted octanol–water partition coefficient (Wildman–Crippen LogP) is 8.53. The number of allylic oxidation sites excluding steroid dienone is 1. The minimum atomic E-state index is -2.19. The van der Waals surface area contributed by atoms with Crippen molar-refractivity contribution in [3.05, 3.63) is 120 Å². The molecule has 3 aromatic rings. The zero-order chi connectivity index (χ0) is 41.5. The summed E-state index contributed by atoms with van der Waals surface area (Å²) in [6, 6.07) is 24.7. The Hall–Kier alpha value is -3.43. The highest BCUT2D eigenvalue weighted by molar-refractivity contribution is 8.00. The summed E-state index contributed by atoms with van der Waals surface area (Å²) in [5.41, 5.74) is -0.141. The van der Waals surface area contributed by atoms with Gasteiger partial charge in [0.1, 0.15) is 16.3 Å². The number of thioether (sulfide) groups is 1. The molecule has 2 aliphatic heterocycles. The van der Waals surface area contributed by atoms with Crippen molar-refractivity contribution < 1.29 is 42.3 Å². The van der Waals surface area contributed by atoms with E-state index >= 15 is 0 Å². The van der Waals surface area contributed by atoms with Gasteiger partial charge in [0.05, 0.1) is 22.7 Å². The van der Waals surface area contributed by atoms with Gasteiger partial charge in [-0.2, -0.15) is 0 Å². The number of carbonyl (C=O) groups excluding carboxylic acids is 3. The molecule has 13 heteroatoms. The molecule has 9 atom stereocenters. The summed E-state index contributed by atoms with van der Waals surface area (Å²) in [7, 11) is -2.19. The highest BCUT2D eigenvalue weighted by atomic mass is 32.2. The maximum atomic E-state index is 14.1. The smallest absolute Gasteiger partial charge is 0.338 e. The minimum Gasteiger partial charge on any atom is -0.598 e.